The van der Waals surface area contributed by atoms with Crippen LogP contribution in [-0.4, -0.2) is 29.9 Å². The molecule has 4 rings (SSSR count). The number of amides is 3. The fourth-order valence-corrected chi connectivity index (χ4v) is 4.44. The van der Waals surface area contributed by atoms with E-state index in [2.05, 4.69) is 5.32 Å². The average molecular weight is 458 g/mol. The summed E-state index contributed by atoms with van der Waals surface area (Å²) in [6, 6.07) is 15.7. The zero-order valence-corrected chi connectivity index (χ0v) is 18.3. The van der Waals surface area contributed by atoms with Crippen molar-refractivity contribution in [2.45, 2.75) is 19.4 Å². The van der Waals surface area contributed by atoms with Gasteiger partial charge < -0.3 is 10.2 Å². The third-order valence-corrected chi connectivity index (χ3v) is 6.25. The Morgan fingerprint density at radius 1 is 1.10 bits per heavy atom. The van der Waals surface area contributed by atoms with Crippen LogP contribution in [0.1, 0.15) is 16.9 Å². The van der Waals surface area contributed by atoms with Gasteiger partial charge in [0.2, 0.25) is 5.91 Å². The maximum Gasteiger partial charge on any atom is 0.324 e. The third-order valence-electron chi connectivity index (χ3n) is 5.08. The highest BCUT2D eigenvalue weighted by atomic mass is 35.5. The highest BCUT2D eigenvalue weighted by molar-refractivity contribution is 7.10. The number of urea groups is 1. The highest BCUT2D eigenvalue weighted by Crippen LogP contribution is 2.25. The molecule has 2 aromatic carbocycles. The first-order valence-electron chi connectivity index (χ1n) is 9.93. The van der Waals surface area contributed by atoms with Crippen LogP contribution in [0, 0.1) is 5.82 Å². The van der Waals surface area contributed by atoms with Gasteiger partial charge in [0.25, 0.3) is 0 Å². The van der Waals surface area contributed by atoms with E-state index in [1.807, 2.05) is 29.6 Å². The lowest BCUT2D eigenvalue weighted by atomic mass is 10.1. The summed E-state index contributed by atoms with van der Waals surface area (Å²) < 4.78 is 14.3. The van der Waals surface area contributed by atoms with E-state index in [1.54, 1.807) is 45.4 Å². The average Bonchev–Trinajstić information content (AvgIpc) is 3.26. The van der Waals surface area contributed by atoms with Crippen molar-refractivity contribution in [3.05, 3.63) is 81.3 Å². The number of carbonyl (C=O) groups is 2. The van der Waals surface area contributed by atoms with E-state index in [1.165, 1.54) is 6.07 Å². The van der Waals surface area contributed by atoms with Crippen molar-refractivity contribution < 1.29 is 14.0 Å². The maximum atomic E-state index is 14.3. The van der Waals surface area contributed by atoms with Crippen LogP contribution >= 0.6 is 22.9 Å². The first-order chi connectivity index (χ1) is 15.0. The van der Waals surface area contributed by atoms with Gasteiger partial charge in [-0.3, -0.25) is 9.69 Å². The summed E-state index contributed by atoms with van der Waals surface area (Å²) in [6.45, 7) is 1.30. The molecule has 0 radical (unpaired) electrons. The molecule has 1 fully saturated rings. The molecule has 31 heavy (non-hydrogen) atoms. The van der Waals surface area contributed by atoms with E-state index in [4.69, 9.17) is 11.6 Å². The van der Waals surface area contributed by atoms with E-state index in [-0.39, 0.29) is 23.5 Å². The number of rotatable bonds is 6. The van der Waals surface area contributed by atoms with Crippen LogP contribution in [0.25, 0.3) is 0 Å². The van der Waals surface area contributed by atoms with Gasteiger partial charge in [-0.15, -0.1) is 11.3 Å². The SMILES string of the molecule is O=C(Cc1cccs1)Nc1ccc(N2CCCN(Cc3cccc(Cl)c3F)C2=O)cc1. The number of halogens is 2. The molecule has 8 heteroatoms. The Bertz CT molecular complexity index is 1070. The maximum absolute atomic E-state index is 14.3. The molecule has 0 saturated carbocycles. The lowest BCUT2D eigenvalue weighted by Crippen LogP contribution is -2.49. The summed E-state index contributed by atoms with van der Waals surface area (Å²) in [7, 11) is 0. The van der Waals surface area contributed by atoms with Crippen molar-refractivity contribution in [1.82, 2.24) is 4.90 Å². The number of hydrogen-bond donors (Lipinski definition) is 1. The van der Waals surface area contributed by atoms with Crippen molar-refractivity contribution in [2.75, 3.05) is 23.3 Å². The van der Waals surface area contributed by atoms with Crippen LogP contribution < -0.4 is 10.2 Å². The normalized spacial score (nSPS) is 14.1. The van der Waals surface area contributed by atoms with Gasteiger partial charge in [0.05, 0.1) is 18.0 Å². The zero-order valence-electron chi connectivity index (χ0n) is 16.7. The monoisotopic (exact) mass is 457 g/mol. The summed E-state index contributed by atoms with van der Waals surface area (Å²) >= 11 is 7.41. The number of nitrogens with zero attached hydrogens (tertiary/aromatic N) is 2. The van der Waals surface area contributed by atoms with Crippen molar-refractivity contribution >= 4 is 46.3 Å². The molecular weight excluding hydrogens is 437 g/mol. The minimum absolute atomic E-state index is 0.0514. The number of anilines is 2. The standard InChI is InChI=1S/C23H21ClFN3O2S/c24-20-6-1-4-16(22(20)25)15-27-11-3-12-28(23(27)30)18-9-7-17(8-10-18)26-21(29)14-19-5-2-13-31-19/h1-2,4-10,13H,3,11-12,14-15H2,(H,26,29). The first-order valence-corrected chi connectivity index (χ1v) is 11.2. The number of hydrogen-bond acceptors (Lipinski definition) is 3. The second-order valence-corrected chi connectivity index (χ2v) is 8.71. The van der Waals surface area contributed by atoms with Crippen molar-refractivity contribution in [1.29, 1.82) is 0 Å². The summed E-state index contributed by atoms with van der Waals surface area (Å²) in [5.74, 6) is -0.573. The molecule has 5 nitrogen and oxygen atoms in total. The number of nitrogens with one attached hydrogen (secondary N) is 1. The largest absolute Gasteiger partial charge is 0.326 e. The summed E-state index contributed by atoms with van der Waals surface area (Å²) in [6.07, 6.45) is 1.10. The van der Waals surface area contributed by atoms with Gasteiger partial charge in [-0.25, -0.2) is 9.18 Å². The van der Waals surface area contributed by atoms with Crippen LogP contribution in [0.15, 0.2) is 60.0 Å². The summed E-state index contributed by atoms with van der Waals surface area (Å²) in [4.78, 5) is 29.5. The van der Waals surface area contributed by atoms with E-state index in [0.29, 0.717) is 30.8 Å². The van der Waals surface area contributed by atoms with Crippen LogP contribution in [0.3, 0.4) is 0 Å². The first kappa shape index (κ1) is 21.3. The van der Waals surface area contributed by atoms with Gasteiger partial charge in [-0.2, -0.15) is 0 Å². The van der Waals surface area contributed by atoms with Gasteiger partial charge in [-0.05, 0) is 48.2 Å². The predicted octanol–water partition coefficient (Wildman–Crippen LogP) is 5.55. The van der Waals surface area contributed by atoms with Crippen molar-refractivity contribution in [3.63, 3.8) is 0 Å². The Morgan fingerprint density at radius 3 is 2.65 bits per heavy atom. The smallest absolute Gasteiger partial charge is 0.324 e. The Morgan fingerprint density at radius 2 is 1.90 bits per heavy atom. The van der Waals surface area contributed by atoms with Gasteiger partial charge in [-0.1, -0.05) is 29.8 Å². The predicted molar refractivity (Wildman–Crippen MR) is 122 cm³/mol. The Kier molecular flexibility index (Phi) is 6.53. The molecule has 0 bridgehead atoms. The molecule has 1 saturated heterocycles. The van der Waals surface area contributed by atoms with E-state index in [0.717, 1.165) is 17.0 Å². The Hall–Kier alpha value is -2.90. The lowest BCUT2D eigenvalue weighted by molar-refractivity contribution is -0.115. The van der Waals surface area contributed by atoms with Crippen molar-refractivity contribution in [2.24, 2.45) is 0 Å². The number of benzene rings is 2. The second-order valence-electron chi connectivity index (χ2n) is 7.27. The van der Waals surface area contributed by atoms with Crippen molar-refractivity contribution in [3.8, 4) is 0 Å². The molecule has 1 aromatic heterocycles. The van der Waals surface area contributed by atoms with Gasteiger partial charge in [0, 0.05) is 34.9 Å². The molecule has 1 aliphatic heterocycles. The quantitative estimate of drug-likeness (QED) is 0.527. The lowest BCUT2D eigenvalue weighted by Gasteiger charge is -2.35. The van der Waals surface area contributed by atoms with Gasteiger partial charge in [0.15, 0.2) is 0 Å². The van der Waals surface area contributed by atoms with Gasteiger partial charge in [0.1, 0.15) is 5.82 Å². The van der Waals surface area contributed by atoms with E-state index >= 15 is 0 Å². The Labute approximate surface area is 189 Å². The molecule has 0 aliphatic carbocycles. The molecular formula is C23H21ClFN3O2S. The Balaban J connectivity index is 1.41. The minimum atomic E-state index is -0.489. The van der Waals surface area contributed by atoms with Crippen LogP contribution in [-0.2, 0) is 17.8 Å². The molecule has 1 aliphatic rings. The van der Waals surface area contributed by atoms with Gasteiger partial charge >= 0.3 is 6.03 Å². The fourth-order valence-electron chi connectivity index (χ4n) is 3.55. The minimum Gasteiger partial charge on any atom is -0.326 e. The van der Waals surface area contributed by atoms with E-state index < -0.39 is 5.82 Å². The topological polar surface area (TPSA) is 52.7 Å². The number of thiophene rings is 1. The molecule has 2 heterocycles. The number of carbonyl (C=O) groups excluding carboxylic acids is 2. The van der Waals surface area contributed by atoms with E-state index in [9.17, 15) is 14.0 Å². The fraction of sp³-hybridized carbons (Fsp3) is 0.217. The third kappa shape index (κ3) is 5.06. The summed E-state index contributed by atoms with van der Waals surface area (Å²) in [5.41, 5.74) is 1.80. The molecule has 160 valence electrons. The molecule has 3 aromatic rings. The molecule has 0 atom stereocenters. The highest BCUT2D eigenvalue weighted by Gasteiger charge is 2.27. The van der Waals surface area contributed by atoms with Crippen LogP contribution in [0.4, 0.5) is 20.6 Å². The molecule has 0 unspecified atom stereocenters. The van der Waals surface area contributed by atoms with Crippen LogP contribution in [0.2, 0.25) is 5.02 Å². The second kappa shape index (κ2) is 9.49. The summed E-state index contributed by atoms with van der Waals surface area (Å²) in [5, 5.41) is 4.87. The van der Waals surface area contributed by atoms with Crippen LogP contribution in [0.5, 0.6) is 0 Å². The molecule has 1 N–H and O–H groups in total. The molecule has 3 amide bonds. The zero-order chi connectivity index (χ0) is 21.8. The molecule has 0 spiro atoms.